The molecule has 0 spiro atoms. The van der Waals surface area contributed by atoms with Crippen molar-refractivity contribution >= 4 is 39.9 Å². The Labute approximate surface area is 161 Å². The number of carbonyl (C=O) groups excluding carboxylic acids is 2. The minimum atomic E-state index is -0.463. The number of hydrogen-bond acceptors (Lipinski definition) is 5. The lowest BCUT2D eigenvalue weighted by Crippen LogP contribution is -2.20. The highest BCUT2D eigenvalue weighted by Gasteiger charge is 2.27. The lowest BCUT2D eigenvalue weighted by Gasteiger charge is -2.18. The number of anilines is 1. The molecule has 1 aliphatic rings. The van der Waals surface area contributed by atoms with Gasteiger partial charge in [0, 0.05) is 9.77 Å². The van der Waals surface area contributed by atoms with Crippen LogP contribution >= 0.6 is 23.1 Å². The number of hydrogen-bond donors (Lipinski definition) is 2. The predicted octanol–water partition coefficient (Wildman–Crippen LogP) is 3.71. The van der Waals surface area contributed by atoms with Crippen LogP contribution in [0.1, 0.15) is 34.1 Å². The standard InChI is InChI=1S/C19H22N2O3S2/c1-11-3-8-14-15(9-11)26-19(17(14)18(20)23)21-16(22)10-25-13-6-4-12(24-2)5-7-13/h4-7,11H,3,8-10H2,1-2H3,(H2,20,23)(H,21,22)/t11-/m0/s1. The van der Waals surface area contributed by atoms with Gasteiger partial charge in [0.15, 0.2) is 0 Å². The average Bonchev–Trinajstić information content (AvgIpc) is 2.97. The SMILES string of the molecule is COc1ccc(SCC(=O)Nc2sc3c(c2C(N)=O)CC[C@H](C)C3)cc1. The van der Waals surface area contributed by atoms with Gasteiger partial charge in [0.2, 0.25) is 5.91 Å². The zero-order chi connectivity index (χ0) is 18.7. The van der Waals surface area contributed by atoms with E-state index in [4.69, 9.17) is 10.5 Å². The Balaban J connectivity index is 1.67. The Bertz CT molecular complexity index is 815. The number of ether oxygens (including phenoxy) is 1. The van der Waals surface area contributed by atoms with Crippen LogP contribution in [0.5, 0.6) is 5.75 Å². The third-order valence-corrected chi connectivity index (χ3v) is 6.62. The maximum absolute atomic E-state index is 12.4. The molecule has 2 amide bonds. The molecule has 0 aliphatic heterocycles. The molecule has 0 fully saturated rings. The molecule has 0 unspecified atom stereocenters. The van der Waals surface area contributed by atoms with Crippen LogP contribution in [0.25, 0.3) is 0 Å². The van der Waals surface area contributed by atoms with Gasteiger partial charge in [-0.25, -0.2) is 0 Å². The molecule has 26 heavy (non-hydrogen) atoms. The van der Waals surface area contributed by atoms with E-state index in [2.05, 4.69) is 12.2 Å². The monoisotopic (exact) mass is 390 g/mol. The third-order valence-electron chi connectivity index (χ3n) is 4.44. The number of amides is 2. The fourth-order valence-electron chi connectivity index (χ4n) is 3.08. The van der Waals surface area contributed by atoms with Gasteiger partial charge in [0.1, 0.15) is 10.8 Å². The van der Waals surface area contributed by atoms with E-state index in [9.17, 15) is 9.59 Å². The first-order valence-electron chi connectivity index (χ1n) is 8.49. The van der Waals surface area contributed by atoms with Gasteiger partial charge in [-0.3, -0.25) is 9.59 Å². The van der Waals surface area contributed by atoms with Crippen LogP contribution in [0, 0.1) is 5.92 Å². The molecule has 0 bridgehead atoms. The number of nitrogens with two attached hydrogens (primary N) is 1. The molecule has 1 aromatic carbocycles. The lowest BCUT2D eigenvalue weighted by atomic mass is 9.88. The van der Waals surface area contributed by atoms with E-state index < -0.39 is 5.91 Å². The highest BCUT2D eigenvalue weighted by atomic mass is 32.2. The van der Waals surface area contributed by atoms with Crippen molar-refractivity contribution < 1.29 is 14.3 Å². The summed E-state index contributed by atoms with van der Waals surface area (Å²) < 4.78 is 5.13. The first-order chi connectivity index (χ1) is 12.5. The van der Waals surface area contributed by atoms with Crippen molar-refractivity contribution in [2.75, 3.05) is 18.2 Å². The molecule has 2 aromatic rings. The van der Waals surface area contributed by atoms with E-state index in [1.807, 2.05) is 24.3 Å². The number of fused-ring (bicyclic) bond motifs is 1. The highest BCUT2D eigenvalue weighted by Crippen LogP contribution is 2.39. The van der Waals surface area contributed by atoms with Crippen LogP contribution in [0.2, 0.25) is 0 Å². The summed E-state index contributed by atoms with van der Waals surface area (Å²) in [6, 6.07) is 7.55. The molecule has 0 saturated heterocycles. The number of carbonyl (C=O) groups is 2. The summed E-state index contributed by atoms with van der Waals surface area (Å²) in [5, 5.41) is 3.48. The largest absolute Gasteiger partial charge is 0.497 e. The molecular formula is C19H22N2O3S2. The summed E-state index contributed by atoms with van der Waals surface area (Å²) in [6.45, 7) is 2.20. The zero-order valence-corrected chi connectivity index (χ0v) is 16.5. The predicted molar refractivity (Wildman–Crippen MR) is 106 cm³/mol. The van der Waals surface area contributed by atoms with Crippen LogP contribution in [0.3, 0.4) is 0 Å². The summed E-state index contributed by atoms with van der Waals surface area (Å²) in [7, 11) is 1.62. The quantitative estimate of drug-likeness (QED) is 0.737. The highest BCUT2D eigenvalue weighted by molar-refractivity contribution is 8.00. The second kappa shape index (κ2) is 8.14. The first-order valence-corrected chi connectivity index (χ1v) is 10.3. The van der Waals surface area contributed by atoms with Crippen LogP contribution in [0.15, 0.2) is 29.2 Å². The number of thiophene rings is 1. The van der Waals surface area contributed by atoms with E-state index in [1.165, 1.54) is 28.0 Å². The summed E-state index contributed by atoms with van der Waals surface area (Å²) in [5.74, 6) is 1.04. The smallest absolute Gasteiger partial charge is 0.251 e. The number of nitrogens with one attached hydrogen (secondary N) is 1. The van der Waals surface area contributed by atoms with Crippen molar-refractivity contribution in [1.29, 1.82) is 0 Å². The molecule has 5 nitrogen and oxygen atoms in total. The summed E-state index contributed by atoms with van der Waals surface area (Å²) in [4.78, 5) is 26.4. The Morgan fingerprint density at radius 2 is 2.08 bits per heavy atom. The van der Waals surface area contributed by atoms with Crippen molar-refractivity contribution in [1.82, 2.24) is 0 Å². The Morgan fingerprint density at radius 1 is 1.35 bits per heavy atom. The molecule has 3 N–H and O–H groups in total. The average molecular weight is 391 g/mol. The van der Waals surface area contributed by atoms with Gasteiger partial charge in [0.05, 0.1) is 18.4 Å². The Hall–Kier alpha value is -1.99. The third kappa shape index (κ3) is 4.22. The minimum absolute atomic E-state index is 0.139. The molecule has 1 aromatic heterocycles. The van der Waals surface area contributed by atoms with E-state index >= 15 is 0 Å². The Morgan fingerprint density at radius 3 is 2.73 bits per heavy atom. The summed E-state index contributed by atoms with van der Waals surface area (Å²) in [6.07, 6.45) is 2.84. The molecule has 1 aliphatic carbocycles. The molecule has 1 heterocycles. The van der Waals surface area contributed by atoms with Crippen molar-refractivity contribution in [2.45, 2.75) is 31.1 Å². The topological polar surface area (TPSA) is 81.4 Å². The number of rotatable bonds is 6. The fraction of sp³-hybridized carbons (Fsp3) is 0.368. The second-order valence-electron chi connectivity index (χ2n) is 6.43. The van der Waals surface area contributed by atoms with Crippen LogP contribution in [-0.4, -0.2) is 24.7 Å². The van der Waals surface area contributed by atoms with E-state index in [-0.39, 0.29) is 11.7 Å². The second-order valence-corrected chi connectivity index (χ2v) is 8.59. The van der Waals surface area contributed by atoms with Gasteiger partial charge >= 0.3 is 0 Å². The number of methoxy groups -OCH3 is 1. The molecule has 7 heteroatoms. The lowest BCUT2D eigenvalue weighted by molar-refractivity contribution is -0.113. The van der Waals surface area contributed by atoms with E-state index in [0.717, 1.165) is 35.5 Å². The van der Waals surface area contributed by atoms with Crippen molar-refractivity contribution in [3.63, 3.8) is 0 Å². The van der Waals surface area contributed by atoms with Gasteiger partial charge < -0.3 is 15.8 Å². The normalized spacial score (nSPS) is 16.0. The van der Waals surface area contributed by atoms with Gasteiger partial charge in [-0.1, -0.05) is 6.92 Å². The molecule has 0 radical (unpaired) electrons. The van der Waals surface area contributed by atoms with Crippen molar-refractivity contribution in [3.8, 4) is 5.75 Å². The van der Waals surface area contributed by atoms with Crippen molar-refractivity contribution in [2.24, 2.45) is 11.7 Å². The van der Waals surface area contributed by atoms with Crippen LogP contribution < -0.4 is 15.8 Å². The Kier molecular flexibility index (Phi) is 5.88. The van der Waals surface area contributed by atoms with Gasteiger partial charge in [-0.2, -0.15) is 0 Å². The number of benzene rings is 1. The van der Waals surface area contributed by atoms with Gasteiger partial charge in [-0.15, -0.1) is 23.1 Å². The molecule has 138 valence electrons. The summed E-state index contributed by atoms with van der Waals surface area (Å²) >= 11 is 2.93. The molecule has 3 rings (SSSR count). The molecule has 0 saturated carbocycles. The fourth-order valence-corrected chi connectivity index (χ4v) is 5.21. The molecule has 1 atom stereocenters. The van der Waals surface area contributed by atoms with Crippen LogP contribution in [-0.2, 0) is 17.6 Å². The first kappa shape index (κ1) is 18.8. The summed E-state index contributed by atoms with van der Waals surface area (Å²) in [5.41, 5.74) is 7.11. The number of thioether (sulfide) groups is 1. The van der Waals surface area contributed by atoms with Crippen molar-refractivity contribution in [3.05, 3.63) is 40.3 Å². The maximum atomic E-state index is 12.4. The molecular weight excluding hydrogens is 368 g/mol. The minimum Gasteiger partial charge on any atom is -0.497 e. The maximum Gasteiger partial charge on any atom is 0.251 e. The zero-order valence-electron chi connectivity index (χ0n) is 14.8. The number of primary amides is 1. The van der Waals surface area contributed by atoms with E-state index in [1.54, 1.807) is 7.11 Å². The van der Waals surface area contributed by atoms with Crippen LogP contribution in [0.4, 0.5) is 5.00 Å². The van der Waals surface area contributed by atoms with Gasteiger partial charge in [0.25, 0.3) is 5.91 Å². The van der Waals surface area contributed by atoms with E-state index in [0.29, 0.717) is 16.5 Å². The van der Waals surface area contributed by atoms with Gasteiger partial charge in [-0.05, 0) is 55.0 Å².